The smallest absolute Gasteiger partial charge is 0.233 e. The van der Waals surface area contributed by atoms with E-state index < -0.39 is 0 Å². The standard InChI is InChI=1S/C18H26N4OS/c1-13(11-18(3,4)15-9-7-6-8-10-15)20-16(23)14(2)24-17-21-19-12-22(17)5/h6-10,12-14H,11H2,1-5H3,(H,20,23)/t13-,14+/m1/s1. The summed E-state index contributed by atoms with van der Waals surface area (Å²) in [7, 11) is 1.87. The number of carbonyl (C=O) groups is 1. The third kappa shape index (κ3) is 4.84. The van der Waals surface area contributed by atoms with Crippen molar-refractivity contribution in [3.8, 4) is 0 Å². The molecular formula is C18H26N4OS. The van der Waals surface area contributed by atoms with Crippen molar-refractivity contribution in [3.05, 3.63) is 42.2 Å². The van der Waals surface area contributed by atoms with Crippen LogP contribution in [0, 0.1) is 0 Å². The van der Waals surface area contributed by atoms with Crippen LogP contribution in [-0.4, -0.2) is 32.0 Å². The molecule has 0 aliphatic carbocycles. The Labute approximate surface area is 148 Å². The van der Waals surface area contributed by atoms with E-state index in [1.807, 2.05) is 24.6 Å². The zero-order valence-corrected chi connectivity index (χ0v) is 15.8. The highest BCUT2D eigenvalue weighted by Crippen LogP contribution is 2.28. The summed E-state index contributed by atoms with van der Waals surface area (Å²) in [4.78, 5) is 12.4. The van der Waals surface area contributed by atoms with E-state index in [1.165, 1.54) is 17.3 Å². The van der Waals surface area contributed by atoms with Gasteiger partial charge in [-0.25, -0.2) is 0 Å². The van der Waals surface area contributed by atoms with Gasteiger partial charge in [-0.05, 0) is 31.2 Å². The summed E-state index contributed by atoms with van der Waals surface area (Å²) in [6.07, 6.45) is 2.52. The third-order valence-corrected chi connectivity index (χ3v) is 5.23. The van der Waals surface area contributed by atoms with E-state index >= 15 is 0 Å². The third-order valence-electron chi connectivity index (χ3n) is 4.08. The minimum absolute atomic E-state index is 0.00787. The summed E-state index contributed by atoms with van der Waals surface area (Å²) >= 11 is 1.42. The number of hydrogen-bond donors (Lipinski definition) is 1. The molecule has 0 fully saturated rings. The maximum Gasteiger partial charge on any atom is 0.233 e. The maximum atomic E-state index is 12.4. The van der Waals surface area contributed by atoms with Crippen molar-refractivity contribution < 1.29 is 4.79 Å². The molecule has 0 spiro atoms. The van der Waals surface area contributed by atoms with Gasteiger partial charge in [0, 0.05) is 13.1 Å². The summed E-state index contributed by atoms with van der Waals surface area (Å²) in [6, 6.07) is 10.5. The molecule has 0 bridgehead atoms. The van der Waals surface area contributed by atoms with Crippen LogP contribution >= 0.6 is 11.8 Å². The number of amides is 1. The molecule has 24 heavy (non-hydrogen) atoms. The Morgan fingerprint density at radius 2 is 1.96 bits per heavy atom. The van der Waals surface area contributed by atoms with Crippen LogP contribution in [0.5, 0.6) is 0 Å². The van der Waals surface area contributed by atoms with Crippen molar-refractivity contribution in [2.24, 2.45) is 7.05 Å². The van der Waals surface area contributed by atoms with E-state index in [0.717, 1.165) is 11.6 Å². The van der Waals surface area contributed by atoms with Gasteiger partial charge in [0.2, 0.25) is 5.91 Å². The average molecular weight is 347 g/mol. The van der Waals surface area contributed by atoms with Crippen LogP contribution < -0.4 is 5.32 Å². The second kappa shape index (κ2) is 7.83. The molecule has 1 amide bonds. The number of nitrogens with zero attached hydrogens (tertiary/aromatic N) is 3. The predicted molar refractivity (Wildman–Crippen MR) is 98.0 cm³/mol. The molecule has 0 aliphatic rings. The van der Waals surface area contributed by atoms with E-state index in [-0.39, 0.29) is 22.6 Å². The Morgan fingerprint density at radius 3 is 2.54 bits per heavy atom. The molecule has 0 aliphatic heterocycles. The SMILES string of the molecule is C[C@H](CC(C)(C)c1ccccc1)NC(=O)[C@H](C)Sc1nncn1C. The van der Waals surface area contributed by atoms with Gasteiger partial charge in [0.25, 0.3) is 0 Å². The molecule has 2 aromatic rings. The quantitative estimate of drug-likeness (QED) is 0.782. The van der Waals surface area contributed by atoms with E-state index in [4.69, 9.17) is 0 Å². The average Bonchev–Trinajstić information content (AvgIpc) is 2.92. The van der Waals surface area contributed by atoms with Gasteiger partial charge >= 0.3 is 0 Å². The second-order valence-electron chi connectivity index (χ2n) is 6.85. The molecule has 0 unspecified atom stereocenters. The number of thioether (sulfide) groups is 1. The first kappa shape index (κ1) is 18.5. The Balaban J connectivity index is 1.90. The van der Waals surface area contributed by atoms with Gasteiger partial charge in [-0.3, -0.25) is 4.79 Å². The van der Waals surface area contributed by atoms with Gasteiger partial charge < -0.3 is 9.88 Å². The molecule has 2 atom stereocenters. The highest BCUT2D eigenvalue weighted by Gasteiger charge is 2.25. The minimum atomic E-state index is -0.213. The second-order valence-corrected chi connectivity index (χ2v) is 8.16. The van der Waals surface area contributed by atoms with Gasteiger partial charge in [-0.2, -0.15) is 0 Å². The first-order chi connectivity index (χ1) is 11.3. The topological polar surface area (TPSA) is 59.8 Å². The monoisotopic (exact) mass is 346 g/mol. The molecule has 6 heteroatoms. The Morgan fingerprint density at radius 1 is 1.29 bits per heavy atom. The fourth-order valence-electron chi connectivity index (χ4n) is 2.77. The van der Waals surface area contributed by atoms with E-state index in [1.54, 1.807) is 6.33 Å². The maximum absolute atomic E-state index is 12.4. The van der Waals surface area contributed by atoms with Crippen LogP contribution in [0.25, 0.3) is 0 Å². The molecule has 1 aromatic heterocycles. The van der Waals surface area contributed by atoms with E-state index in [0.29, 0.717) is 0 Å². The highest BCUT2D eigenvalue weighted by molar-refractivity contribution is 8.00. The number of benzene rings is 1. The number of nitrogens with one attached hydrogen (secondary N) is 1. The first-order valence-electron chi connectivity index (χ1n) is 8.16. The molecule has 2 rings (SSSR count). The lowest BCUT2D eigenvalue weighted by molar-refractivity contribution is -0.121. The fourth-order valence-corrected chi connectivity index (χ4v) is 3.57. The lowest BCUT2D eigenvalue weighted by Gasteiger charge is -2.29. The summed E-state index contributed by atoms with van der Waals surface area (Å²) in [5.41, 5.74) is 1.29. The van der Waals surface area contributed by atoms with Crippen molar-refractivity contribution >= 4 is 17.7 Å². The van der Waals surface area contributed by atoms with Crippen LogP contribution in [0.15, 0.2) is 41.8 Å². The van der Waals surface area contributed by atoms with Crippen LogP contribution in [0.1, 0.15) is 39.7 Å². The Hall–Kier alpha value is -1.82. The molecule has 1 N–H and O–H groups in total. The summed E-state index contributed by atoms with van der Waals surface area (Å²) in [5.74, 6) is 0.0272. The van der Waals surface area contributed by atoms with Crippen LogP contribution in [0.2, 0.25) is 0 Å². The Kier molecular flexibility index (Phi) is 6.04. The van der Waals surface area contributed by atoms with E-state index in [9.17, 15) is 4.79 Å². The first-order valence-corrected chi connectivity index (χ1v) is 9.04. The van der Waals surface area contributed by atoms with Crippen molar-refractivity contribution in [2.75, 3.05) is 0 Å². The largest absolute Gasteiger partial charge is 0.353 e. The lowest BCUT2D eigenvalue weighted by Crippen LogP contribution is -2.40. The van der Waals surface area contributed by atoms with Crippen LogP contribution in [-0.2, 0) is 17.3 Å². The molecular weight excluding hydrogens is 320 g/mol. The summed E-state index contributed by atoms with van der Waals surface area (Å²) in [5, 5.41) is 11.5. The molecule has 130 valence electrons. The van der Waals surface area contributed by atoms with Gasteiger partial charge in [-0.1, -0.05) is 55.9 Å². The molecule has 5 nitrogen and oxygen atoms in total. The van der Waals surface area contributed by atoms with Crippen molar-refractivity contribution in [3.63, 3.8) is 0 Å². The van der Waals surface area contributed by atoms with E-state index in [2.05, 4.69) is 60.6 Å². The van der Waals surface area contributed by atoms with Crippen molar-refractivity contribution in [2.45, 2.75) is 56.0 Å². The van der Waals surface area contributed by atoms with Crippen molar-refractivity contribution in [1.29, 1.82) is 0 Å². The lowest BCUT2D eigenvalue weighted by atomic mass is 9.79. The van der Waals surface area contributed by atoms with Gasteiger partial charge in [0.05, 0.1) is 5.25 Å². The van der Waals surface area contributed by atoms with Gasteiger partial charge in [-0.15, -0.1) is 10.2 Å². The van der Waals surface area contributed by atoms with Crippen molar-refractivity contribution in [1.82, 2.24) is 20.1 Å². The molecule has 0 radical (unpaired) electrons. The molecule has 0 saturated heterocycles. The zero-order chi connectivity index (χ0) is 17.7. The number of rotatable bonds is 7. The van der Waals surface area contributed by atoms with Crippen LogP contribution in [0.3, 0.4) is 0 Å². The molecule has 1 heterocycles. The van der Waals surface area contributed by atoms with Gasteiger partial charge in [0.1, 0.15) is 6.33 Å². The summed E-state index contributed by atoms with van der Waals surface area (Å²) < 4.78 is 1.82. The fraction of sp³-hybridized carbons (Fsp3) is 0.500. The summed E-state index contributed by atoms with van der Waals surface area (Å²) in [6.45, 7) is 8.37. The number of aryl methyl sites for hydroxylation is 1. The zero-order valence-electron chi connectivity index (χ0n) is 15.0. The number of hydrogen-bond acceptors (Lipinski definition) is 4. The molecule has 0 saturated carbocycles. The normalized spacial score (nSPS) is 14.2. The van der Waals surface area contributed by atoms with Gasteiger partial charge in [0.15, 0.2) is 5.16 Å². The Bertz CT molecular complexity index is 669. The minimum Gasteiger partial charge on any atom is -0.353 e. The van der Waals surface area contributed by atoms with Crippen LogP contribution in [0.4, 0.5) is 0 Å². The number of aromatic nitrogens is 3. The highest BCUT2D eigenvalue weighted by atomic mass is 32.2. The predicted octanol–water partition coefficient (Wildman–Crippen LogP) is 3.17. The molecule has 1 aromatic carbocycles. The number of carbonyl (C=O) groups excluding carboxylic acids is 1.